The SMILES string of the molecule is CC(=O)N1CCN(C(=O)c2cnn(-c3ccc(Cl)cc3)c2)CC1. The van der Waals surface area contributed by atoms with E-state index in [1.54, 1.807) is 45.9 Å². The Kier molecular flexibility index (Phi) is 4.34. The van der Waals surface area contributed by atoms with Crippen molar-refractivity contribution in [2.45, 2.75) is 6.92 Å². The van der Waals surface area contributed by atoms with Gasteiger partial charge in [-0.05, 0) is 24.3 Å². The molecular weight excluding hydrogens is 316 g/mol. The predicted octanol–water partition coefficient (Wildman–Crippen LogP) is 1.83. The van der Waals surface area contributed by atoms with E-state index in [1.165, 1.54) is 0 Å². The maximum Gasteiger partial charge on any atom is 0.257 e. The fraction of sp³-hybridized carbons (Fsp3) is 0.312. The van der Waals surface area contributed by atoms with Gasteiger partial charge in [0, 0.05) is 44.3 Å². The first-order valence-corrected chi connectivity index (χ1v) is 7.78. The van der Waals surface area contributed by atoms with E-state index in [1.807, 2.05) is 12.1 Å². The number of aromatic nitrogens is 2. The van der Waals surface area contributed by atoms with Crippen molar-refractivity contribution in [3.05, 3.63) is 47.2 Å². The van der Waals surface area contributed by atoms with Gasteiger partial charge in [0.2, 0.25) is 5.91 Å². The van der Waals surface area contributed by atoms with E-state index in [-0.39, 0.29) is 11.8 Å². The van der Waals surface area contributed by atoms with Crippen molar-refractivity contribution in [3.63, 3.8) is 0 Å². The number of carbonyl (C=O) groups excluding carboxylic acids is 2. The van der Waals surface area contributed by atoms with Crippen molar-refractivity contribution in [1.29, 1.82) is 0 Å². The van der Waals surface area contributed by atoms with Crippen LogP contribution < -0.4 is 0 Å². The predicted molar refractivity (Wildman–Crippen MR) is 86.7 cm³/mol. The van der Waals surface area contributed by atoms with E-state index in [0.717, 1.165) is 5.69 Å². The lowest BCUT2D eigenvalue weighted by atomic mass is 10.2. The smallest absolute Gasteiger partial charge is 0.257 e. The Bertz CT molecular complexity index is 718. The van der Waals surface area contributed by atoms with Gasteiger partial charge in [0.1, 0.15) is 0 Å². The van der Waals surface area contributed by atoms with E-state index < -0.39 is 0 Å². The minimum atomic E-state index is -0.0617. The molecule has 120 valence electrons. The monoisotopic (exact) mass is 332 g/mol. The molecule has 1 aromatic heterocycles. The highest BCUT2D eigenvalue weighted by Crippen LogP contribution is 2.15. The Hall–Kier alpha value is -2.34. The number of benzene rings is 1. The molecule has 0 atom stereocenters. The van der Waals surface area contributed by atoms with Crippen LogP contribution in [0.5, 0.6) is 0 Å². The average molecular weight is 333 g/mol. The van der Waals surface area contributed by atoms with E-state index >= 15 is 0 Å². The highest BCUT2D eigenvalue weighted by atomic mass is 35.5. The van der Waals surface area contributed by atoms with Gasteiger partial charge in [-0.1, -0.05) is 11.6 Å². The molecule has 7 heteroatoms. The van der Waals surface area contributed by atoms with Crippen LogP contribution in [0, 0.1) is 0 Å². The topological polar surface area (TPSA) is 58.4 Å². The molecule has 0 N–H and O–H groups in total. The maximum atomic E-state index is 12.5. The molecule has 6 nitrogen and oxygen atoms in total. The summed E-state index contributed by atoms with van der Waals surface area (Å²) in [6, 6.07) is 7.24. The van der Waals surface area contributed by atoms with Gasteiger partial charge in [0.25, 0.3) is 5.91 Å². The molecule has 1 fully saturated rings. The van der Waals surface area contributed by atoms with Gasteiger partial charge in [-0.2, -0.15) is 5.10 Å². The maximum absolute atomic E-state index is 12.5. The number of hydrogen-bond acceptors (Lipinski definition) is 3. The van der Waals surface area contributed by atoms with Gasteiger partial charge in [0.15, 0.2) is 0 Å². The summed E-state index contributed by atoms with van der Waals surface area (Å²) in [5, 5.41) is 4.89. The van der Waals surface area contributed by atoms with E-state index in [2.05, 4.69) is 5.10 Å². The number of rotatable bonds is 2. The molecule has 1 aliphatic heterocycles. The molecule has 3 rings (SSSR count). The zero-order valence-corrected chi connectivity index (χ0v) is 13.5. The molecular formula is C16H17ClN4O2. The molecule has 0 saturated carbocycles. The molecule has 0 spiro atoms. The van der Waals surface area contributed by atoms with Gasteiger partial charge in [-0.15, -0.1) is 0 Å². The number of piperazine rings is 1. The van der Waals surface area contributed by atoms with Gasteiger partial charge in [-0.3, -0.25) is 9.59 Å². The van der Waals surface area contributed by atoms with Crippen LogP contribution in [0.1, 0.15) is 17.3 Å². The van der Waals surface area contributed by atoms with Crippen LogP contribution in [-0.4, -0.2) is 57.6 Å². The van der Waals surface area contributed by atoms with Gasteiger partial charge in [-0.25, -0.2) is 4.68 Å². The van der Waals surface area contributed by atoms with Gasteiger partial charge >= 0.3 is 0 Å². The first-order valence-electron chi connectivity index (χ1n) is 7.40. The zero-order valence-electron chi connectivity index (χ0n) is 12.8. The Morgan fingerprint density at radius 1 is 1.04 bits per heavy atom. The standard InChI is InChI=1S/C16H17ClN4O2/c1-12(22)19-6-8-20(9-7-19)16(23)13-10-18-21(11-13)15-4-2-14(17)3-5-15/h2-5,10-11H,6-9H2,1H3. The Morgan fingerprint density at radius 3 is 2.26 bits per heavy atom. The van der Waals surface area contributed by atoms with Crippen LogP contribution in [0.3, 0.4) is 0 Å². The summed E-state index contributed by atoms with van der Waals surface area (Å²) in [5.74, 6) is -0.0129. The third-order valence-corrected chi connectivity index (χ3v) is 4.18. The lowest BCUT2D eigenvalue weighted by Crippen LogP contribution is -2.50. The summed E-state index contributed by atoms with van der Waals surface area (Å²) in [4.78, 5) is 27.4. The van der Waals surface area contributed by atoms with Crippen LogP contribution in [0.15, 0.2) is 36.7 Å². The molecule has 0 bridgehead atoms. The molecule has 2 amide bonds. The Balaban J connectivity index is 1.69. The minimum Gasteiger partial charge on any atom is -0.339 e. The van der Waals surface area contributed by atoms with Gasteiger partial charge < -0.3 is 9.80 Å². The van der Waals surface area contributed by atoms with Crippen LogP contribution in [0.4, 0.5) is 0 Å². The van der Waals surface area contributed by atoms with Crippen molar-refractivity contribution < 1.29 is 9.59 Å². The summed E-state index contributed by atoms with van der Waals surface area (Å²) in [6.07, 6.45) is 3.28. The summed E-state index contributed by atoms with van der Waals surface area (Å²) in [7, 11) is 0. The number of halogens is 1. The molecule has 2 aromatic rings. The summed E-state index contributed by atoms with van der Waals surface area (Å²) in [5.41, 5.74) is 1.38. The van der Waals surface area contributed by atoms with Crippen molar-refractivity contribution in [3.8, 4) is 5.69 Å². The lowest BCUT2D eigenvalue weighted by molar-refractivity contribution is -0.130. The molecule has 1 aliphatic rings. The van der Waals surface area contributed by atoms with Crippen LogP contribution >= 0.6 is 11.6 Å². The zero-order chi connectivity index (χ0) is 16.4. The second kappa shape index (κ2) is 6.42. The second-order valence-corrected chi connectivity index (χ2v) is 5.88. The van der Waals surface area contributed by atoms with Crippen molar-refractivity contribution in [2.24, 2.45) is 0 Å². The number of nitrogens with zero attached hydrogens (tertiary/aromatic N) is 4. The second-order valence-electron chi connectivity index (χ2n) is 5.45. The average Bonchev–Trinajstić information content (AvgIpc) is 3.05. The number of amides is 2. The van der Waals surface area contributed by atoms with E-state index in [9.17, 15) is 9.59 Å². The molecule has 0 radical (unpaired) electrons. The minimum absolute atomic E-state index is 0.0488. The highest BCUT2D eigenvalue weighted by molar-refractivity contribution is 6.30. The van der Waals surface area contributed by atoms with Crippen molar-refractivity contribution >= 4 is 23.4 Å². The van der Waals surface area contributed by atoms with Crippen LogP contribution in [0.25, 0.3) is 5.69 Å². The number of carbonyl (C=O) groups is 2. The normalized spacial score (nSPS) is 14.9. The van der Waals surface area contributed by atoms with Gasteiger partial charge in [0.05, 0.1) is 17.4 Å². The van der Waals surface area contributed by atoms with Crippen molar-refractivity contribution in [1.82, 2.24) is 19.6 Å². The Morgan fingerprint density at radius 2 is 1.65 bits per heavy atom. The van der Waals surface area contributed by atoms with Crippen molar-refractivity contribution in [2.75, 3.05) is 26.2 Å². The molecule has 0 unspecified atom stereocenters. The quantitative estimate of drug-likeness (QED) is 0.843. The van der Waals surface area contributed by atoms with E-state index in [0.29, 0.717) is 36.8 Å². The fourth-order valence-electron chi connectivity index (χ4n) is 2.58. The molecule has 2 heterocycles. The third-order valence-electron chi connectivity index (χ3n) is 3.93. The molecule has 1 aromatic carbocycles. The van der Waals surface area contributed by atoms with Crippen LogP contribution in [0.2, 0.25) is 5.02 Å². The molecule has 1 saturated heterocycles. The first-order chi connectivity index (χ1) is 11.0. The third kappa shape index (κ3) is 3.37. The fourth-order valence-corrected chi connectivity index (χ4v) is 2.70. The Labute approximate surface area is 139 Å². The largest absolute Gasteiger partial charge is 0.339 e. The highest BCUT2D eigenvalue weighted by Gasteiger charge is 2.24. The summed E-state index contributed by atoms with van der Waals surface area (Å²) in [6.45, 7) is 3.79. The summed E-state index contributed by atoms with van der Waals surface area (Å²) < 4.78 is 1.65. The van der Waals surface area contributed by atoms with Crippen LogP contribution in [-0.2, 0) is 4.79 Å². The van der Waals surface area contributed by atoms with E-state index in [4.69, 9.17) is 11.6 Å². The molecule has 23 heavy (non-hydrogen) atoms. The summed E-state index contributed by atoms with van der Waals surface area (Å²) >= 11 is 5.87. The number of hydrogen-bond donors (Lipinski definition) is 0. The lowest BCUT2D eigenvalue weighted by Gasteiger charge is -2.34. The molecule has 0 aliphatic carbocycles. The first kappa shape index (κ1) is 15.6.